The van der Waals surface area contributed by atoms with E-state index in [4.69, 9.17) is 0 Å². The molecule has 0 unspecified atom stereocenters. The van der Waals surface area contributed by atoms with Crippen LogP contribution < -0.4 is 5.32 Å². The molecule has 2 aromatic rings. The third-order valence-electron chi connectivity index (χ3n) is 5.02. The first-order valence-electron chi connectivity index (χ1n) is 9.49. The van der Waals surface area contributed by atoms with Gasteiger partial charge in [-0.05, 0) is 54.2 Å². The van der Waals surface area contributed by atoms with E-state index in [0.717, 1.165) is 18.6 Å². The average molecular weight is 422 g/mol. The maximum absolute atomic E-state index is 14.2. The van der Waals surface area contributed by atoms with Crippen molar-refractivity contribution in [3.63, 3.8) is 0 Å². The fraction of sp³-hybridized carbons (Fsp3) is 0.381. The van der Waals surface area contributed by atoms with Gasteiger partial charge in [0, 0.05) is 19.6 Å². The van der Waals surface area contributed by atoms with Crippen molar-refractivity contribution in [1.82, 2.24) is 9.62 Å². The van der Waals surface area contributed by atoms with Crippen molar-refractivity contribution in [2.75, 3.05) is 13.1 Å². The lowest BCUT2D eigenvalue weighted by atomic mass is 9.94. The van der Waals surface area contributed by atoms with Crippen molar-refractivity contribution in [2.45, 2.75) is 31.7 Å². The summed E-state index contributed by atoms with van der Waals surface area (Å²) in [6, 6.07) is 8.79. The van der Waals surface area contributed by atoms with Gasteiger partial charge in [0.25, 0.3) is 5.91 Å². The van der Waals surface area contributed by atoms with Crippen LogP contribution in [-0.4, -0.2) is 31.7 Å². The molecule has 2 aromatic carbocycles. The molecule has 0 spiro atoms. The molecule has 0 saturated carbocycles. The molecule has 1 fully saturated rings. The summed E-state index contributed by atoms with van der Waals surface area (Å²) in [6.45, 7) is 4.86. The van der Waals surface area contributed by atoms with Gasteiger partial charge in [0.1, 0.15) is 11.6 Å². The van der Waals surface area contributed by atoms with Gasteiger partial charge in [0.05, 0.1) is 10.5 Å². The highest BCUT2D eigenvalue weighted by atomic mass is 32.2. The minimum absolute atomic E-state index is 0.0662. The maximum Gasteiger partial charge on any atom is 0.254 e. The molecule has 29 heavy (non-hydrogen) atoms. The fourth-order valence-corrected chi connectivity index (χ4v) is 5.38. The Kier molecular flexibility index (Phi) is 6.33. The second-order valence-electron chi connectivity index (χ2n) is 7.72. The third kappa shape index (κ3) is 5.00. The van der Waals surface area contributed by atoms with E-state index in [-0.39, 0.29) is 28.8 Å². The van der Waals surface area contributed by atoms with Crippen molar-refractivity contribution in [3.05, 3.63) is 65.2 Å². The van der Waals surface area contributed by atoms with Gasteiger partial charge in [0.15, 0.2) is 0 Å². The molecule has 1 saturated heterocycles. The van der Waals surface area contributed by atoms with E-state index in [1.54, 1.807) is 0 Å². The number of carbonyl (C=O) groups is 1. The minimum atomic E-state index is -3.83. The zero-order valence-electron chi connectivity index (χ0n) is 16.4. The highest BCUT2D eigenvalue weighted by Crippen LogP contribution is 2.27. The molecular weight excluding hydrogens is 398 g/mol. The highest BCUT2D eigenvalue weighted by molar-refractivity contribution is 7.89. The number of carbonyl (C=O) groups excluding carboxylic acids is 1. The Morgan fingerprint density at radius 2 is 1.69 bits per heavy atom. The number of hydrogen-bond donors (Lipinski definition) is 1. The third-order valence-corrected chi connectivity index (χ3v) is 6.85. The van der Waals surface area contributed by atoms with Gasteiger partial charge < -0.3 is 5.32 Å². The van der Waals surface area contributed by atoms with Gasteiger partial charge in [-0.15, -0.1) is 0 Å². The Balaban J connectivity index is 1.79. The standard InChI is InChI=1S/C21H24F2N2O3S/c1-14-9-15(2)13-25(12-14)29(27,28)18-7-8-20(23)19(10-18)21(26)24-11-16-3-5-17(22)6-4-16/h3-8,10,14-15H,9,11-13H2,1-2H3,(H,24,26)/t14-,15-/m1/s1. The Morgan fingerprint density at radius 3 is 2.31 bits per heavy atom. The van der Waals surface area contributed by atoms with E-state index in [9.17, 15) is 22.0 Å². The Labute approximate surface area is 169 Å². The van der Waals surface area contributed by atoms with E-state index in [1.165, 1.54) is 34.6 Å². The number of halogens is 2. The van der Waals surface area contributed by atoms with Gasteiger partial charge in [-0.2, -0.15) is 4.31 Å². The number of rotatable bonds is 5. The van der Waals surface area contributed by atoms with Gasteiger partial charge >= 0.3 is 0 Å². The molecule has 2 atom stereocenters. The van der Waals surface area contributed by atoms with Crippen LogP contribution in [0.1, 0.15) is 36.2 Å². The number of nitrogens with one attached hydrogen (secondary N) is 1. The number of hydrogen-bond acceptors (Lipinski definition) is 3. The van der Waals surface area contributed by atoms with Crippen LogP contribution in [0.4, 0.5) is 8.78 Å². The number of amides is 1. The van der Waals surface area contributed by atoms with Crippen LogP contribution in [0.5, 0.6) is 0 Å². The molecule has 1 aliphatic rings. The Bertz CT molecular complexity index is 983. The van der Waals surface area contributed by atoms with Gasteiger partial charge in [0.2, 0.25) is 10.0 Å². The predicted molar refractivity (Wildman–Crippen MR) is 106 cm³/mol. The molecule has 8 heteroatoms. The summed E-state index contributed by atoms with van der Waals surface area (Å²) < 4.78 is 54.6. The molecule has 3 rings (SSSR count). The molecule has 1 aliphatic heterocycles. The average Bonchev–Trinajstić information content (AvgIpc) is 2.66. The zero-order valence-corrected chi connectivity index (χ0v) is 17.2. The van der Waals surface area contributed by atoms with Crippen LogP contribution in [0.2, 0.25) is 0 Å². The van der Waals surface area contributed by atoms with Crippen molar-refractivity contribution in [2.24, 2.45) is 11.8 Å². The fourth-order valence-electron chi connectivity index (χ4n) is 3.67. The van der Waals surface area contributed by atoms with Crippen LogP contribution in [0.3, 0.4) is 0 Å². The second kappa shape index (κ2) is 8.59. The molecule has 1 heterocycles. The van der Waals surface area contributed by atoms with Crippen LogP contribution in [0.25, 0.3) is 0 Å². The summed E-state index contributed by atoms with van der Waals surface area (Å²) in [5.74, 6) is -1.48. The quantitative estimate of drug-likeness (QED) is 0.801. The van der Waals surface area contributed by atoms with Gasteiger partial charge in [-0.3, -0.25) is 4.79 Å². The van der Waals surface area contributed by atoms with Crippen molar-refractivity contribution in [1.29, 1.82) is 0 Å². The highest BCUT2D eigenvalue weighted by Gasteiger charge is 2.32. The molecule has 1 N–H and O–H groups in total. The lowest BCUT2D eigenvalue weighted by Crippen LogP contribution is -2.42. The van der Waals surface area contributed by atoms with Crippen molar-refractivity contribution < 1.29 is 22.0 Å². The molecule has 0 bridgehead atoms. The number of piperidine rings is 1. The number of benzene rings is 2. The van der Waals surface area contributed by atoms with Crippen LogP contribution in [0.15, 0.2) is 47.4 Å². The summed E-state index contributed by atoms with van der Waals surface area (Å²) in [7, 11) is -3.83. The summed E-state index contributed by atoms with van der Waals surface area (Å²) in [6.07, 6.45) is 0.951. The van der Waals surface area contributed by atoms with Gasteiger partial charge in [-0.1, -0.05) is 26.0 Å². The van der Waals surface area contributed by atoms with Crippen LogP contribution in [0, 0.1) is 23.5 Å². The second-order valence-corrected chi connectivity index (χ2v) is 9.66. The van der Waals surface area contributed by atoms with Crippen molar-refractivity contribution in [3.8, 4) is 0 Å². The summed E-state index contributed by atoms with van der Waals surface area (Å²) >= 11 is 0. The van der Waals surface area contributed by atoms with E-state index in [2.05, 4.69) is 5.32 Å². The van der Waals surface area contributed by atoms with E-state index >= 15 is 0 Å². The van der Waals surface area contributed by atoms with Crippen molar-refractivity contribution >= 4 is 15.9 Å². The summed E-state index contributed by atoms with van der Waals surface area (Å²) in [4.78, 5) is 12.3. The van der Waals surface area contributed by atoms with E-state index in [1.807, 2.05) is 13.8 Å². The van der Waals surface area contributed by atoms with Crippen LogP contribution >= 0.6 is 0 Å². The molecular formula is C21H24F2N2O3S. The lowest BCUT2D eigenvalue weighted by molar-refractivity contribution is 0.0946. The monoisotopic (exact) mass is 422 g/mol. The lowest BCUT2D eigenvalue weighted by Gasteiger charge is -2.34. The van der Waals surface area contributed by atoms with Gasteiger partial charge in [-0.25, -0.2) is 17.2 Å². The SMILES string of the molecule is C[C@@H]1C[C@@H](C)CN(S(=O)(=O)c2ccc(F)c(C(=O)NCc3ccc(F)cc3)c2)C1. The zero-order chi connectivity index (χ0) is 21.2. The molecule has 0 aromatic heterocycles. The Hall–Kier alpha value is -2.32. The largest absolute Gasteiger partial charge is 0.348 e. The molecule has 156 valence electrons. The van der Waals surface area contributed by atoms with E-state index < -0.39 is 27.6 Å². The molecule has 0 aliphatic carbocycles. The smallest absolute Gasteiger partial charge is 0.254 e. The normalized spacial score (nSPS) is 20.4. The first kappa shape index (κ1) is 21.4. The first-order valence-corrected chi connectivity index (χ1v) is 10.9. The predicted octanol–water partition coefficient (Wildman–Crippen LogP) is 3.56. The summed E-state index contributed by atoms with van der Waals surface area (Å²) in [5, 5.41) is 2.54. The molecule has 0 radical (unpaired) electrons. The number of sulfonamides is 1. The first-order chi connectivity index (χ1) is 13.7. The number of nitrogens with zero attached hydrogens (tertiary/aromatic N) is 1. The maximum atomic E-state index is 14.2. The molecule has 5 nitrogen and oxygen atoms in total. The van der Waals surface area contributed by atoms with Crippen LogP contribution in [-0.2, 0) is 16.6 Å². The Morgan fingerprint density at radius 1 is 1.07 bits per heavy atom. The molecule has 1 amide bonds. The topological polar surface area (TPSA) is 66.5 Å². The minimum Gasteiger partial charge on any atom is -0.348 e. The van der Waals surface area contributed by atoms with E-state index in [0.29, 0.717) is 18.7 Å². The summed E-state index contributed by atoms with van der Waals surface area (Å²) in [5.41, 5.74) is 0.298.